The number of carbonyl (C=O) groups excluding carboxylic acids is 2. The van der Waals surface area contributed by atoms with Crippen LogP contribution >= 0.6 is 11.3 Å². The quantitative estimate of drug-likeness (QED) is 0.119. The summed E-state index contributed by atoms with van der Waals surface area (Å²) in [7, 11) is -2.57. The number of benzene rings is 3. The molecule has 1 aliphatic rings. The minimum Gasteiger partial charge on any atom is -0.469 e. The fourth-order valence-corrected chi connectivity index (χ4v) is 9.49. The molecule has 8 rings (SSSR count). The number of sulfonamides is 1. The number of nitriles is 1. The van der Waals surface area contributed by atoms with Crippen molar-refractivity contribution >= 4 is 55.5 Å². The Morgan fingerprint density at radius 3 is 2.42 bits per heavy atom. The molecule has 0 aliphatic carbocycles. The van der Waals surface area contributed by atoms with Crippen LogP contribution in [0.15, 0.2) is 89.1 Å². The van der Waals surface area contributed by atoms with E-state index in [-0.39, 0.29) is 23.6 Å². The van der Waals surface area contributed by atoms with Crippen molar-refractivity contribution in [2.75, 3.05) is 18.4 Å². The third kappa shape index (κ3) is 7.42. The van der Waals surface area contributed by atoms with E-state index in [1.807, 2.05) is 42.7 Å². The lowest BCUT2D eigenvalue weighted by atomic mass is 9.98. The van der Waals surface area contributed by atoms with E-state index in [4.69, 9.17) is 9.73 Å². The molecule has 0 fully saturated rings. The van der Waals surface area contributed by atoms with Crippen LogP contribution in [0.1, 0.15) is 72.9 Å². The van der Waals surface area contributed by atoms with Gasteiger partial charge in [0.05, 0.1) is 59.0 Å². The monoisotopic (exact) mass is 838 g/mol. The van der Waals surface area contributed by atoms with E-state index >= 15 is 0 Å². The molecule has 0 radical (unpaired) electrons. The van der Waals surface area contributed by atoms with Crippen LogP contribution in [0.4, 0.5) is 5.69 Å². The first-order valence-electron chi connectivity index (χ1n) is 18.9. The number of amides is 1. The van der Waals surface area contributed by atoms with Gasteiger partial charge in [-0.05, 0) is 69.0 Å². The molecule has 3 aromatic carbocycles. The van der Waals surface area contributed by atoms with Gasteiger partial charge < -0.3 is 15.0 Å². The molecule has 7 aromatic rings. The highest BCUT2D eigenvalue weighted by Crippen LogP contribution is 2.40. The third-order valence-corrected chi connectivity index (χ3v) is 13.1. The standard InChI is InChI=1S/C43H38N10O5S2/c1-23-6-15-32(40-37(23)30(19-44)20-48-40)52-60(56,57)31-13-7-27(8-14-31)16-17-45-42(55)35-22-46-34(21-47-35)28-9-11-29(12-10-28)39-38-24(2)25(3)59-43(38)53-26(4)50-51-41(53)33(49-39)18-36(54)58-5/h6-15,20-22,33,48,52H,16-18H2,1-5H3,(H,45,55)/t33-/m0/s1. The summed E-state index contributed by atoms with van der Waals surface area (Å²) in [5, 5.41) is 22.6. The number of carbonyl (C=O) groups is 2. The second-order valence-electron chi connectivity index (χ2n) is 14.3. The zero-order valence-electron chi connectivity index (χ0n) is 33.2. The molecule has 17 heteroatoms. The molecule has 3 N–H and O–H groups in total. The number of aromatic nitrogens is 6. The van der Waals surface area contributed by atoms with Gasteiger partial charge in [0.2, 0.25) is 0 Å². The van der Waals surface area contributed by atoms with Crippen LogP contribution < -0.4 is 10.0 Å². The maximum Gasteiger partial charge on any atom is 0.308 e. The van der Waals surface area contributed by atoms with Crippen LogP contribution in [0.3, 0.4) is 0 Å². The summed E-state index contributed by atoms with van der Waals surface area (Å²) >= 11 is 1.63. The summed E-state index contributed by atoms with van der Waals surface area (Å²) in [6, 6.07) is 19.1. The molecule has 4 aromatic heterocycles. The number of aryl methyl sites for hydroxylation is 3. The first-order valence-corrected chi connectivity index (χ1v) is 21.2. The van der Waals surface area contributed by atoms with Gasteiger partial charge in [0.25, 0.3) is 15.9 Å². The van der Waals surface area contributed by atoms with Gasteiger partial charge in [0.1, 0.15) is 28.6 Å². The molecule has 5 heterocycles. The Balaban J connectivity index is 0.914. The predicted octanol–water partition coefficient (Wildman–Crippen LogP) is 6.60. The molecule has 1 amide bonds. The van der Waals surface area contributed by atoms with E-state index in [0.29, 0.717) is 45.9 Å². The zero-order valence-corrected chi connectivity index (χ0v) is 34.8. The van der Waals surface area contributed by atoms with E-state index in [1.54, 1.807) is 48.0 Å². The summed E-state index contributed by atoms with van der Waals surface area (Å²) in [5.74, 6) is 0.494. The number of methoxy groups -OCH3 is 1. The Hall–Kier alpha value is -7.03. The van der Waals surface area contributed by atoms with E-state index in [0.717, 1.165) is 49.0 Å². The fourth-order valence-electron chi connectivity index (χ4n) is 7.20. The lowest BCUT2D eigenvalue weighted by Crippen LogP contribution is -2.26. The first kappa shape index (κ1) is 39.8. The van der Waals surface area contributed by atoms with E-state index < -0.39 is 27.9 Å². The number of rotatable bonds is 11. The molecule has 0 saturated heterocycles. The normalized spacial score (nSPS) is 13.5. The van der Waals surface area contributed by atoms with Gasteiger partial charge in [-0.3, -0.25) is 28.9 Å². The van der Waals surface area contributed by atoms with Crippen molar-refractivity contribution in [2.24, 2.45) is 4.99 Å². The van der Waals surface area contributed by atoms with Gasteiger partial charge in [-0.25, -0.2) is 13.4 Å². The van der Waals surface area contributed by atoms with Crippen LogP contribution in [-0.2, 0) is 26.0 Å². The van der Waals surface area contributed by atoms with Gasteiger partial charge in [-0.1, -0.05) is 42.5 Å². The van der Waals surface area contributed by atoms with Gasteiger partial charge in [0, 0.05) is 39.7 Å². The topological polar surface area (TPSA) is 210 Å². The number of nitrogens with zero attached hydrogens (tertiary/aromatic N) is 7. The van der Waals surface area contributed by atoms with E-state index in [2.05, 4.69) is 55.1 Å². The highest BCUT2D eigenvalue weighted by Gasteiger charge is 2.32. The van der Waals surface area contributed by atoms with E-state index in [9.17, 15) is 23.3 Å². The molecular formula is C43H38N10O5S2. The number of nitrogens with one attached hydrogen (secondary N) is 3. The van der Waals surface area contributed by atoms with Crippen molar-refractivity contribution in [3.05, 3.63) is 135 Å². The van der Waals surface area contributed by atoms with Crippen molar-refractivity contribution in [1.82, 2.24) is 35.0 Å². The van der Waals surface area contributed by atoms with Gasteiger partial charge in [-0.15, -0.1) is 21.5 Å². The highest BCUT2D eigenvalue weighted by molar-refractivity contribution is 7.92. The number of H-pyrrole nitrogens is 1. The smallest absolute Gasteiger partial charge is 0.308 e. The maximum absolute atomic E-state index is 13.2. The van der Waals surface area contributed by atoms with Gasteiger partial charge >= 0.3 is 5.97 Å². The number of esters is 1. The largest absolute Gasteiger partial charge is 0.469 e. The van der Waals surface area contributed by atoms with Gasteiger partial charge in [-0.2, -0.15) is 5.26 Å². The Bertz CT molecular complexity index is 3000. The minimum absolute atomic E-state index is 0.0108. The molecule has 1 aliphatic heterocycles. The Morgan fingerprint density at radius 2 is 1.72 bits per heavy atom. The number of anilines is 1. The Labute approximate surface area is 349 Å². The van der Waals surface area contributed by atoms with Crippen molar-refractivity contribution in [3.8, 4) is 22.3 Å². The van der Waals surface area contributed by atoms with Gasteiger partial charge in [0.15, 0.2) is 5.82 Å². The molecule has 60 heavy (non-hydrogen) atoms. The summed E-state index contributed by atoms with van der Waals surface area (Å²) < 4.78 is 36.1. The average Bonchev–Trinajstić information content (AvgIpc) is 3.93. The predicted molar refractivity (Wildman–Crippen MR) is 227 cm³/mol. The van der Waals surface area contributed by atoms with Crippen LogP contribution in [0, 0.1) is 39.0 Å². The fraction of sp³-hybridized carbons (Fsp3) is 0.209. The molecule has 0 bridgehead atoms. The summed E-state index contributed by atoms with van der Waals surface area (Å²) in [6.45, 7) is 8.17. The average molecular weight is 839 g/mol. The minimum atomic E-state index is -3.92. The molecule has 0 unspecified atom stereocenters. The maximum atomic E-state index is 13.2. The van der Waals surface area contributed by atoms with E-state index in [1.165, 1.54) is 25.4 Å². The van der Waals surface area contributed by atoms with Crippen LogP contribution in [0.5, 0.6) is 0 Å². The molecule has 0 saturated carbocycles. The van der Waals surface area contributed by atoms with Crippen LogP contribution in [0.2, 0.25) is 0 Å². The van der Waals surface area contributed by atoms with Crippen molar-refractivity contribution in [1.29, 1.82) is 5.26 Å². The number of thiophene rings is 1. The van der Waals surface area contributed by atoms with Crippen molar-refractivity contribution in [2.45, 2.75) is 51.5 Å². The number of aromatic amines is 1. The van der Waals surface area contributed by atoms with Crippen molar-refractivity contribution < 1.29 is 22.7 Å². The molecule has 15 nitrogen and oxygen atoms in total. The number of hydrogen-bond acceptors (Lipinski definition) is 12. The SMILES string of the molecule is COC(=O)C[C@@H]1N=C(c2ccc(-c3cnc(C(=O)NCCc4ccc(S(=O)(=O)Nc5ccc(C)c6c(C#N)c[nH]c56)cc4)cn3)cc2)c2c(sc(C)c2C)-n2c(C)nnc21. The molecular weight excluding hydrogens is 801 g/mol. The number of hydrogen-bond donors (Lipinski definition) is 3. The molecule has 302 valence electrons. The lowest BCUT2D eigenvalue weighted by Gasteiger charge is -2.12. The second-order valence-corrected chi connectivity index (χ2v) is 17.2. The summed E-state index contributed by atoms with van der Waals surface area (Å²) in [6.07, 6.45) is 5.00. The third-order valence-electron chi connectivity index (χ3n) is 10.5. The van der Waals surface area contributed by atoms with Crippen LogP contribution in [-0.4, -0.2) is 69.4 Å². The van der Waals surface area contributed by atoms with Crippen LogP contribution in [0.25, 0.3) is 27.2 Å². The number of fused-ring (bicyclic) bond motifs is 4. The zero-order chi connectivity index (χ0) is 42.3. The first-order chi connectivity index (χ1) is 28.9. The second kappa shape index (κ2) is 16.0. The highest BCUT2D eigenvalue weighted by atomic mass is 32.2. The van der Waals surface area contributed by atoms with Crippen molar-refractivity contribution in [3.63, 3.8) is 0 Å². The summed E-state index contributed by atoms with van der Waals surface area (Å²) in [4.78, 5) is 43.7. The number of aliphatic imine (C=N–C) groups is 1. The number of ether oxygens (including phenoxy) is 1. The Morgan fingerprint density at radius 1 is 0.967 bits per heavy atom. The molecule has 0 spiro atoms. The lowest BCUT2D eigenvalue weighted by molar-refractivity contribution is -0.141. The molecule has 1 atom stereocenters. The Kier molecular flexibility index (Phi) is 10.6. The summed E-state index contributed by atoms with van der Waals surface area (Å²) in [5.41, 5.74) is 8.15.